The summed E-state index contributed by atoms with van der Waals surface area (Å²) in [4.78, 5) is 4.32. The zero-order valence-corrected chi connectivity index (χ0v) is 23.6. The standard InChI is InChI=1S/C38H25N5O/c1-5-16-35-30(12-1)31-13-2-6-17-36(31)43(35)28-24-40-41(25-28)26-19-20-33-32-14-3-4-15-34(32)42(37(33)23-26)27-10-9-11-29(22-27)44-38-18-7-8-21-39-38/h1-25H. The van der Waals surface area contributed by atoms with E-state index < -0.39 is 0 Å². The van der Waals surface area contributed by atoms with Gasteiger partial charge in [-0.25, -0.2) is 9.67 Å². The predicted octanol–water partition coefficient (Wildman–Crippen LogP) is 9.25. The quantitative estimate of drug-likeness (QED) is 0.208. The summed E-state index contributed by atoms with van der Waals surface area (Å²) in [5, 5.41) is 9.67. The molecule has 6 nitrogen and oxygen atoms in total. The van der Waals surface area contributed by atoms with Gasteiger partial charge in [0.25, 0.3) is 0 Å². The Morgan fingerprint density at radius 2 is 1.11 bits per heavy atom. The molecule has 0 bridgehead atoms. The summed E-state index contributed by atoms with van der Waals surface area (Å²) in [6, 6.07) is 45.9. The van der Waals surface area contributed by atoms with Gasteiger partial charge >= 0.3 is 0 Å². The fourth-order valence-electron chi connectivity index (χ4n) is 6.36. The van der Waals surface area contributed by atoms with Gasteiger partial charge in [0.1, 0.15) is 5.75 Å². The van der Waals surface area contributed by atoms with Gasteiger partial charge in [-0.3, -0.25) is 0 Å². The minimum Gasteiger partial charge on any atom is -0.439 e. The monoisotopic (exact) mass is 567 g/mol. The van der Waals surface area contributed by atoms with Gasteiger partial charge in [0.05, 0.1) is 45.8 Å². The van der Waals surface area contributed by atoms with Crippen LogP contribution in [0.2, 0.25) is 0 Å². The summed E-state index contributed by atoms with van der Waals surface area (Å²) >= 11 is 0. The number of para-hydroxylation sites is 3. The van der Waals surface area contributed by atoms with Crippen LogP contribution in [0.15, 0.2) is 152 Å². The molecule has 4 aromatic heterocycles. The van der Waals surface area contributed by atoms with Gasteiger partial charge in [0.2, 0.25) is 5.88 Å². The first kappa shape index (κ1) is 24.5. The zero-order valence-electron chi connectivity index (χ0n) is 23.6. The number of ether oxygens (including phenoxy) is 1. The fourth-order valence-corrected chi connectivity index (χ4v) is 6.36. The van der Waals surface area contributed by atoms with Gasteiger partial charge in [0, 0.05) is 45.6 Å². The second kappa shape index (κ2) is 9.71. The molecule has 0 aliphatic heterocycles. The molecule has 0 unspecified atom stereocenters. The first-order valence-corrected chi connectivity index (χ1v) is 14.6. The van der Waals surface area contributed by atoms with Crippen molar-refractivity contribution in [3.63, 3.8) is 0 Å². The predicted molar refractivity (Wildman–Crippen MR) is 177 cm³/mol. The molecule has 0 amide bonds. The lowest BCUT2D eigenvalue weighted by Gasteiger charge is -2.11. The van der Waals surface area contributed by atoms with E-state index in [4.69, 9.17) is 9.84 Å². The maximum Gasteiger partial charge on any atom is 0.219 e. The molecule has 5 aromatic carbocycles. The van der Waals surface area contributed by atoms with Crippen molar-refractivity contribution in [3.8, 4) is 28.7 Å². The summed E-state index contributed by atoms with van der Waals surface area (Å²) in [5.74, 6) is 1.29. The molecule has 9 aromatic rings. The highest BCUT2D eigenvalue weighted by molar-refractivity contribution is 6.10. The molecular weight excluding hydrogens is 542 g/mol. The van der Waals surface area contributed by atoms with Gasteiger partial charge in [-0.05, 0) is 48.5 Å². The largest absolute Gasteiger partial charge is 0.439 e. The summed E-state index contributed by atoms with van der Waals surface area (Å²) in [5.41, 5.74) is 7.55. The highest BCUT2D eigenvalue weighted by Gasteiger charge is 2.16. The number of pyridine rings is 1. The van der Waals surface area contributed by atoms with Gasteiger partial charge < -0.3 is 13.9 Å². The van der Waals surface area contributed by atoms with Crippen molar-refractivity contribution in [2.24, 2.45) is 0 Å². The van der Waals surface area contributed by atoms with E-state index in [1.54, 1.807) is 6.20 Å². The molecular formula is C38H25N5O. The van der Waals surface area contributed by atoms with Crippen LogP contribution in [0.4, 0.5) is 0 Å². The van der Waals surface area contributed by atoms with E-state index in [-0.39, 0.29) is 0 Å². The smallest absolute Gasteiger partial charge is 0.219 e. The minimum atomic E-state index is 0.562. The lowest BCUT2D eigenvalue weighted by molar-refractivity contribution is 0.463. The molecule has 0 aliphatic carbocycles. The number of hydrogen-bond acceptors (Lipinski definition) is 3. The average molecular weight is 568 g/mol. The molecule has 0 fully saturated rings. The first-order valence-electron chi connectivity index (χ1n) is 14.6. The zero-order chi connectivity index (χ0) is 29.0. The van der Waals surface area contributed by atoms with Crippen molar-refractivity contribution in [3.05, 3.63) is 152 Å². The third-order valence-electron chi connectivity index (χ3n) is 8.27. The first-order chi connectivity index (χ1) is 21.8. The summed E-state index contributed by atoms with van der Waals surface area (Å²) in [7, 11) is 0. The van der Waals surface area contributed by atoms with E-state index in [0.717, 1.165) is 44.9 Å². The SMILES string of the molecule is c1ccc(Oc2cccc(-n3c4ccccc4c4ccc(-n5cc(-n6c7ccccc7c7ccccc76)cn5)cc43)c2)nc1. The molecule has 208 valence electrons. The number of rotatable bonds is 5. The molecule has 6 heteroatoms. The minimum absolute atomic E-state index is 0.562. The van der Waals surface area contributed by atoms with Crippen LogP contribution < -0.4 is 4.74 Å². The van der Waals surface area contributed by atoms with E-state index in [1.807, 2.05) is 41.2 Å². The second-order valence-corrected chi connectivity index (χ2v) is 10.8. The Hall–Kier alpha value is -6.14. The molecule has 0 saturated carbocycles. The molecule has 4 heterocycles. The molecule has 0 saturated heterocycles. The maximum absolute atomic E-state index is 6.09. The average Bonchev–Trinajstić information content (AvgIpc) is 3.78. The molecule has 0 radical (unpaired) electrons. The van der Waals surface area contributed by atoms with Crippen molar-refractivity contribution in [2.45, 2.75) is 0 Å². The number of fused-ring (bicyclic) bond motifs is 6. The van der Waals surface area contributed by atoms with Gasteiger partial charge in [-0.2, -0.15) is 5.10 Å². The number of hydrogen-bond donors (Lipinski definition) is 0. The van der Waals surface area contributed by atoms with Crippen LogP contribution in [0.25, 0.3) is 60.7 Å². The Bertz CT molecular complexity index is 2430. The fraction of sp³-hybridized carbons (Fsp3) is 0. The van der Waals surface area contributed by atoms with Crippen LogP contribution >= 0.6 is 0 Å². The highest BCUT2D eigenvalue weighted by atomic mass is 16.5. The third-order valence-corrected chi connectivity index (χ3v) is 8.27. The Balaban J connectivity index is 1.19. The molecule has 0 atom stereocenters. The summed E-state index contributed by atoms with van der Waals surface area (Å²) in [6.07, 6.45) is 5.78. The van der Waals surface area contributed by atoms with E-state index in [0.29, 0.717) is 5.88 Å². The molecule has 0 spiro atoms. The van der Waals surface area contributed by atoms with Crippen molar-refractivity contribution >= 4 is 43.6 Å². The lowest BCUT2D eigenvalue weighted by Crippen LogP contribution is -1.98. The van der Waals surface area contributed by atoms with Crippen LogP contribution in [-0.2, 0) is 0 Å². The molecule has 44 heavy (non-hydrogen) atoms. The van der Waals surface area contributed by atoms with Crippen molar-refractivity contribution in [1.29, 1.82) is 0 Å². The normalized spacial score (nSPS) is 11.6. The topological polar surface area (TPSA) is 49.8 Å². The Morgan fingerprint density at radius 3 is 1.80 bits per heavy atom. The van der Waals surface area contributed by atoms with E-state index in [2.05, 4.69) is 123 Å². The number of benzene rings is 5. The number of nitrogens with zero attached hydrogens (tertiary/aromatic N) is 5. The second-order valence-electron chi connectivity index (χ2n) is 10.8. The van der Waals surface area contributed by atoms with Crippen molar-refractivity contribution < 1.29 is 4.74 Å². The van der Waals surface area contributed by atoms with Crippen molar-refractivity contribution in [2.75, 3.05) is 0 Å². The van der Waals surface area contributed by atoms with E-state index >= 15 is 0 Å². The van der Waals surface area contributed by atoms with Gasteiger partial charge in [0.15, 0.2) is 0 Å². The van der Waals surface area contributed by atoms with Gasteiger partial charge in [-0.15, -0.1) is 0 Å². The Morgan fingerprint density at radius 1 is 0.477 bits per heavy atom. The maximum atomic E-state index is 6.09. The third kappa shape index (κ3) is 3.82. The number of aromatic nitrogens is 5. The molecule has 0 aliphatic rings. The Labute approximate surface area is 252 Å². The van der Waals surface area contributed by atoms with Gasteiger partial charge in [-0.1, -0.05) is 72.8 Å². The van der Waals surface area contributed by atoms with Crippen LogP contribution in [0.3, 0.4) is 0 Å². The molecule has 0 N–H and O–H groups in total. The summed E-state index contributed by atoms with van der Waals surface area (Å²) in [6.45, 7) is 0. The van der Waals surface area contributed by atoms with E-state index in [1.165, 1.54) is 21.5 Å². The van der Waals surface area contributed by atoms with Crippen LogP contribution in [0.1, 0.15) is 0 Å². The van der Waals surface area contributed by atoms with Crippen molar-refractivity contribution in [1.82, 2.24) is 23.9 Å². The van der Waals surface area contributed by atoms with E-state index in [9.17, 15) is 0 Å². The van der Waals surface area contributed by atoms with Crippen LogP contribution in [-0.4, -0.2) is 23.9 Å². The highest BCUT2D eigenvalue weighted by Crippen LogP contribution is 2.35. The molecule has 9 rings (SSSR count). The van der Waals surface area contributed by atoms with Crippen LogP contribution in [0, 0.1) is 0 Å². The lowest BCUT2D eigenvalue weighted by atomic mass is 10.1. The Kier molecular flexibility index (Phi) is 5.40. The summed E-state index contributed by atoms with van der Waals surface area (Å²) < 4.78 is 12.6. The van der Waals surface area contributed by atoms with Crippen LogP contribution in [0.5, 0.6) is 11.6 Å².